The van der Waals surface area contributed by atoms with Crippen LogP contribution in [0.15, 0.2) is 66.4 Å². The molecule has 4 nitrogen and oxygen atoms in total. The number of carbonyl (C=O) groups excluding carboxylic acids is 2. The maximum Gasteiger partial charge on any atom is 0.415 e. The van der Waals surface area contributed by atoms with E-state index in [0.29, 0.717) is 24.4 Å². The van der Waals surface area contributed by atoms with Crippen molar-refractivity contribution in [2.75, 3.05) is 6.54 Å². The summed E-state index contributed by atoms with van der Waals surface area (Å²) in [7, 11) is 0. The summed E-state index contributed by atoms with van der Waals surface area (Å²) in [5, 5.41) is 0. The van der Waals surface area contributed by atoms with Crippen molar-refractivity contribution in [3.63, 3.8) is 0 Å². The fourth-order valence-electron chi connectivity index (χ4n) is 2.48. The molecule has 0 bridgehead atoms. The minimum Gasteiger partial charge on any atom is -0.413 e. The van der Waals surface area contributed by atoms with Gasteiger partial charge in [-0.3, -0.25) is 9.69 Å². The molecule has 0 saturated carbocycles. The van der Waals surface area contributed by atoms with Crippen LogP contribution in [-0.2, 0) is 11.3 Å². The van der Waals surface area contributed by atoms with Crippen molar-refractivity contribution >= 4 is 11.9 Å². The average Bonchev–Trinajstić information content (AvgIpc) is 2.90. The second-order valence-corrected chi connectivity index (χ2v) is 5.49. The number of hydrogen-bond donors (Lipinski definition) is 0. The first kappa shape index (κ1) is 15.0. The van der Waals surface area contributed by atoms with Gasteiger partial charge in [-0.1, -0.05) is 54.6 Å². The zero-order valence-electron chi connectivity index (χ0n) is 12.9. The third kappa shape index (κ3) is 3.48. The Morgan fingerprint density at radius 1 is 1.13 bits per heavy atom. The molecule has 1 heterocycles. The SMILES string of the molecule is Cc1ccccc1CN1CC(=CC(=O)c2ccccc2)OC1=O. The molecule has 0 unspecified atom stereocenters. The van der Waals surface area contributed by atoms with Gasteiger partial charge in [0.25, 0.3) is 0 Å². The van der Waals surface area contributed by atoms with Crippen LogP contribution in [0.25, 0.3) is 0 Å². The summed E-state index contributed by atoms with van der Waals surface area (Å²) in [5.74, 6) is 0.226. The molecule has 0 radical (unpaired) electrons. The van der Waals surface area contributed by atoms with E-state index in [2.05, 4.69) is 0 Å². The zero-order chi connectivity index (χ0) is 16.2. The van der Waals surface area contributed by atoms with Gasteiger partial charge in [0.2, 0.25) is 0 Å². The van der Waals surface area contributed by atoms with E-state index in [0.717, 1.165) is 11.1 Å². The highest BCUT2D eigenvalue weighted by Crippen LogP contribution is 2.20. The topological polar surface area (TPSA) is 46.6 Å². The van der Waals surface area contributed by atoms with Crippen molar-refractivity contribution in [2.45, 2.75) is 13.5 Å². The van der Waals surface area contributed by atoms with E-state index in [4.69, 9.17) is 4.74 Å². The molecule has 2 aromatic carbocycles. The van der Waals surface area contributed by atoms with Gasteiger partial charge in [-0.15, -0.1) is 0 Å². The number of ketones is 1. The molecule has 4 heteroatoms. The van der Waals surface area contributed by atoms with Gasteiger partial charge in [0, 0.05) is 18.2 Å². The standard InChI is InChI=1S/C19H17NO3/c1-14-7-5-6-10-16(14)12-20-13-17(23-19(20)22)11-18(21)15-8-3-2-4-9-15/h2-11H,12-13H2,1H3. The molecular weight excluding hydrogens is 290 g/mol. The van der Waals surface area contributed by atoms with Crippen LogP contribution in [0.2, 0.25) is 0 Å². The zero-order valence-corrected chi connectivity index (χ0v) is 12.9. The smallest absolute Gasteiger partial charge is 0.413 e. The maximum atomic E-state index is 12.1. The third-order valence-electron chi connectivity index (χ3n) is 3.80. The van der Waals surface area contributed by atoms with Crippen LogP contribution in [0.5, 0.6) is 0 Å². The molecule has 2 aromatic rings. The molecule has 0 aromatic heterocycles. The average molecular weight is 307 g/mol. The van der Waals surface area contributed by atoms with Gasteiger partial charge < -0.3 is 4.74 Å². The monoisotopic (exact) mass is 307 g/mol. The Morgan fingerprint density at radius 2 is 1.83 bits per heavy atom. The highest BCUT2D eigenvalue weighted by atomic mass is 16.6. The van der Waals surface area contributed by atoms with Crippen LogP contribution in [0, 0.1) is 6.92 Å². The number of benzene rings is 2. The molecule has 1 fully saturated rings. The largest absolute Gasteiger partial charge is 0.415 e. The predicted octanol–water partition coefficient (Wildman–Crippen LogP) is 3.71. The van der Waals surface area contributed by atoms with Crippen molar-refractivity contribution in [3.05, 3.63) is 83.1 Å². The van der Waals surface area contributed by atoms with Crippen molar-refractivity contribution in [1.82, 2.24) is 4.90 Å². The van der Waals surface area contributed by atoms with Crippen LogP contribution in [0.4, 0.5) is 4.79 Å². The third-order valence-corrected chi connectivity index (χ3v) is 3.80. The van der Waals surface area contributed by atoms with Crippen LogP contribution < -0.4 is 0 Å². The second kappa shape index (κ2) is 6.48. The summed E-state index contributed by atoms with van der Waals surface area (Å²) in [4.78, 5) is 25.7. The lowest BCUT2D eigenvalue weighted by molar-refractivity contribution is 0.104. The normalized spacial score (nSPS) is 15.8. The molecule has 0 aliphatic carbocycles. The molecule has 1 saturated heterocycles. The summed E-state index contributed by atoms with van der Waals surface area (Å²) in [5.41, 5.74) is 2.77. The molecular formula is C19H17NO3. The summed E-state index contributed by atoms with van der Waals surface area (Å²) >= 11 is 0. The van der Waals surface area contributed by atoms with Gasteiger partial charge in [0.1, 0.15) is 5.76 Å². The lowest BCUT2D eigenvalue weighted by atomic mass is 10.1. The summed E-state index contributed by atoms with van der Waals surface area (Å²) in [6.45, 7) is 2.79. The lowest BCUT2D eigenvalue weighted by Gasteiger charge is -2.13. The van der Waals surface area contributed by atoms with Crippen molar-refractivity contribution in [3.8, 4) is 0 Å². The highest BCUT2D eigenvalue weighted by Gasteiger charge is 2.27. The number of hydrogen-bond acceptors (Lipinski definition) is 3. The van der Waals surface area contributed by atoms with Crippen LogP contribution in [0.1, 0.15) is 21.5 Å². The van der Waals surface area contributed by atoms with E-state index < -0.39 is 6.09 Å². The molecule has 1 amide bonds. The van der Waals surface area contributed by atoms with Crippen LogP contribution in [-0.4, -0.2) is 23.3 Å². The quantitative estimate of drug-likeness (QED) is 0.639. The van der Waals surface area contributed by atoms with Crippen LogP contribution in [0.3, 0.4) is 0 Å². The molecule has 23 heavy (non-hydrogen) atoms. The summed E-state index contributed by atoms with van der Waals surface area (Å²) in [6, 6.07) is 16.8. The van der Waals surface area contributed by atoms with Crippen LogP contribution >= 0.6 is 0 Å². The second-order valence-electron chi connectivity index (χ2n) is 5.49. The Hall–Kier alpha value is -2.88. The molecule has 1 aliphatic rings. The Balaban J connectivity index is 1.71. The number of amides is 1. The fourth-order valence-corrected chi connectivity index (χ4v) is 2.48. The maximum absolute atomic E-state index is 12.1. The summed E-state index contributed by atoms with van der Waals surface area (Å²) in [6.07, 6.45) is 0.978. The number of rotatable bonds is 4. The number of carbonyl (C=O) groups is 2. The van der Waals surface area contributed by atoms with E-state index in [1.165, 1.54) is 6.08 Å². The van der Waals surface area contributed by atoms with Crippen molar-refractivity contribution < 1.29 is 14.3 Å². The number of nitrogens with zero attached hydrogens (tertiary/aromatic N) is 1. The van der Waals surface area contributed by atoms with Gasteiger partial charge in [-0.25, -0.2) is 4.79 Å². The predicted molar refractivity (Wildman–Crippen MR) is 86.9 cm³/mol. The molecule has 0 N–H and O–H groups in total. The van der Waals surface area contributed by atoms with E-state index in [-0.39, 0.29) is 5.78 Å². The number of cyclic esters (lactones) is 1. The Labute approximate surface area is 135 Å². The molecule has 0 spiro atoms. The van der Waals surface area contributed by atoms with E-state index in [1.54, 1.807) is 29.2 Å². The Morgan fingerprint density at radius 3 is 2.57 bits per heavy atom. The van der Waals surface area contributed by atoms with E-state index >= 15 is 0 Å². The Bertz CT molecular complexity index is 765. The highest BCUT2D eigenvalue weighted by molar-refractivity contribution is 6.05. The first-order chi connectivity index (χ1) is 11.1. The van der Waals surface area contributed by atoms with Gasteiger partial charge in [-0.2, -0.15) is 0 Å². The van der Waals surface area contributed by atoms with Gasteiger partial charge in [0.15, 0.2) is 5.78 Å². The van der Waals surface area contributed by atoms with E-state index in [9.17, 15) is 9.59 Å². The van der Waals surface area contributed by atoms with Gasteiger partial charge in [-0.05, 0) is 18.1 Å². The lowest BCUT2D eigenvalue weighted by Crippen LogP contribution is -2.23. The minimum absolute atomic E-state index is 0.161. The van der Waals surface area contributed by atoms with E-state index in [1.807, 2.05) is 37.3 Å². The first-order valence-corrected chi connectivity index (χ1v) is 7.45. The minimum atomic E-state index is -0.416. The molecule has 1 aliphatic heterocycles. The molecule has 116 valence electrons. The molecule has 0 atom stereocenters. The Kier molecular flexibility index (Phi) is 4.24. The van der Waals surface area contributed by atoms with Crippen molar-refractivity contribution in [1.29, 1.82) is 0 Å². The fraction of sp³-hybridized carbons (Fsp3) is 0.158. The van der Waals surface area contributed by atoms with Crippen molar-refractivity contribution in [2.24, 2.45) is 0 Å². The first-order valence-electron chi connectivity index (χ1n) is 7.45. The number of aryl methyl sites for hydroxylation is 1. The van der Waals surface area contributed by atoms with Gasteiger partial charge in [0.05, 0.1) is 6.54 Å². The molecule has 3 rings (SSSR count). The number of ether oxygens (including phenoxy) is 1. The van der Waals surface area contributed by atoms with Gasteiger partial charge >= 0.3 is 6.09 Å². The number of allylic oxidation sites excluding steroid dienone is 1. The summed E-state index contributed by atoms with van der Waals surface area (Å²) < 4.78 is 5.21.